The summed E-state index contributed by atoms with van der Waals surface area (Å²) in [6.07, 6.45) is 0. The Morgan fingerprint density at radius 1 is 0.731 bits per heavy atom. The molecule has 0 saturated carbocycles. The molecule has 1 N–H and O–H groups in total. The molecule has 134 valence electrons. The molecule has 0 aromatic heterocycles. The van der Waals surface area contributed by atoms with Gasteiger partial charge in [-0.05, 0) is 34.7 Å². The molecular weight excluding hydrogens is 318 g/mol. The Morgan fingerprint density at radius 2 is 1.35 bits per heavy atom. The molecule has 2 nitrogen and oxygen atoms in total. The van der Waals surface area contributed by atoms with Crippen molar-refractivity contribution in [1.29, 1.82) is 0 Å². The van der Waals surface area contributed by atoms with Crippen LogP contribution in [0, 0.1) is 5.92 Å². The molecule has 26 heavy (non-hydrogen) atoms. The molecule has 0 bridgehead atoms. The highest BCUT2D eigenvalue weighted by Crippen LogP contribution is 2.22. The van der Waals surface area contributed by atoms with Crippen molar-refractivity contribution in [2.75, 3.05) is 0 Å². The minimum atomic E-state index is 0.352. The molecule has 0 heterocycles. The number of benzene rings is 3. The van der Waals surface area contributed by atoms with Crippen molar-refractivity contribution in [2.45, 2.75) is 33.0 Å². The molecule has 2 heteroatoms. The van der Waals surface area contributed by atoms with E-state index in [0.29, 0.717) is 18.6 Å². The molecule has 0 amide bonds. The van der Waals surface area contributed by atoms with Gasteiger partial charge in [0, 0.05) is 12.6 Å². The molecule has 0 aliphatic rings. The van der Waals surface area contributed by atoms with E-state index in [9.17, 15) is 0 Å². The van der Waals surface area contributed by atoms with E-state index in [1.54, 1.807) is 0 Å². The van der Waals surface area contributed by atoms with Gasteiger partial charge in [-0.1, -0.05) is 86.6 Å². The van der Waals surface area contributed by atoms with Crippen LogP contribution in [0.2, 0.25) is 0 Å². The second-order valence-electron chi connectivity index (χ2n) is 6.93. The third kappa shape index (κ3) is 5.21. The lowest BCUT2D eigenvalue weighted by Crippen LogP contribution is -2.25. The fraction of sp³-hybridized carbons (Fsp3) is 0.250. The Morgan fingerprint density at radius 3 is 1.96 bits per heavy atom. The highest BCUT2D eigenvalue weighted by Gasteiger charge is 2.14. The Bertz CT molecular complexity index is 766. The van der Waals surface area contributed by atoms with E-state index < -0.39 is 0 Å². The van der Waals surface area contributed by atoms with E-state index in [4.69, 9.17) is 4.74 Å². The quantitative estimate of drug-likeness (QED) is 0.561. The van der Waals surface area contributed by atoms with Gasteiger partial charge in [0.1, 0.15) is 12.4 Å². The molecule has 0 radical (unpaired) electrons. The van der Waals surface area contributed by atoms with E-state index in [2.05, 4.69) is 73.8 Å². The fourth-order valence-corrected chi connectivity index (χ4v) is 3.07. The Kier molecular flexibility index (Phi) is 6.45. The van der Waals surface area contributed by atoms with Gasteiger partial charge in [-0.3, -0.25) is 0 Å². The molecule has 0 saturated heterocycles. The summed E-state index contributed by atoms with van der Waals surface area (Å²) in [6, 6.07) is 29.6. The molecule has 0 spiro atoms. The minimum absolute atomic E-state index is 0.352. The van der Waals surface area contributed by atoms with E-state index >= 15 is 0 Å². The topological polar surface area (TPSA) is 21.3 Å². The molecular formula is C24H27NO. The van der Waals surface area contributed by atoms with Gasteiger partial charge in [0.15, 0.2) is 0 Å². The van der Waals surface area contributed by atoms with Crippen LogP contribution in [0.25, 0.3) is 0 Å². The predicted molar refractivity (Wildman–Crippen MR) is 108 cm³/mol. The average Bonchev–Trinajstić information content (AvgIpc) is 2.69. The van der Waals surface area contributed by atoms with Crippen LogP contribution in [0.3, 0.4) is 0 Å². The predicted octanol–water partition coefficient (Wildman–Crippen LogP) is 5.75. The summed E-state index contributed by atoms with van der Waals surface area (Å²) in [5.41, 5.74) is 3.78. The first-order valence-corrected chi connectivity index (χ1v) is 9.26. The zero-order valence-corrected chi connectivity index (χ0v) is 15.6. The largest absolute Gasteiger partial charge is 0.489 e. The number of rotatable bonds is 8. The van der Waals surface area contributed by atoms with Crippen LogP contribution in [0.1, 0.15) is 36.6 Å². The maximum atomic E-state index is 5.86. The molecule has 0 aliphatic heterocycles. The van der Waals surface area contributed by atoms with Crippen LogP contribution in [0.4, 0.5) is 0 Å². The van der Waals surface area contributed by atoms with Crippen LogP contribution < -0.4 is 10.1 Å². The summed E-state index contributed by atoms with van der Waals surface area (Å²) in [6.45, 7) is 5.95. The van der Waals surface area contributed by atoms with Gasteiger partial charge in [-0.15, -0.1) is 0 Å². The van der Waals surface area contributed by atoms with E-state index in [0.717, 1.165) is 12.3 Å². The fourth-order valence-electron chi connectivity index (χ4n) is 3.07. The van der Waals surface area contributed by atoms with Crippen molar-refractivity contribution in [3.8, 4) is 5.75 Å². The van der Waals surface area contributed by atoms with Gasteiger partial charge in [0.2, 0.25) is 0 Å². The van der Waals surface area contributed by atoms with Gasteiger partial charge in [-0.25, -0.2) is 0 Å². The van der Waals surface area contributed by atoms with Gasteiger partial charge >= 0.3 is 0 Å². The zero-order chi connectivity index (χ0) is 18.2. The van der Waals surface area contributed by atoms with Gasteiger partial charge in [-0.2, -0.15) is 0 Å². The summed E-state index contributed by atoms with van der Waals surface area (Å²) in [5.74, 6) is 1.44. The van der Waals surface area contributed by atoms with E-state index in [1.807, 2.05) is 30.3 Å². The second kappa shape index (κ2) is 9.21. The number of hydrogen-bond acceptors (Lipinski definition) is 2. The lowest BCUT2D eigenvalue weighted by atomic mass is 9.96. The van der Waals surface area contributed by atoms with Crippen molar-refractivity contribution in [3.05, 3.63) is 102 Å². The minimum Gasteiger partial charge on any atom is -0.489 e. The molecule has 1 unspecified atom stereocenters. The summed E-state index contributed by atoms with van der Waals surface area (Å²) >= 11 is 0. The van der Waals surface area contributed by atoms with Crippen molar-refractivity contribution >= 4 is 0 Å². The first kappa shape index (κ1) is 18.2. The highest BCUT2D eigenvalue weighted by molar-refractivity contribution is 5.28. The maximum Gasteiger partial charge on any atom is 0.119 e. The monoisotopic (exact) mass is 345 g/mol. The van der Waals surface area contributed by atoms with Crippen LogP contribution in [0.15, 0.2) is 84.9 Å². The molecule has 0 aliphatic carbocycles. The summed E-state index contributed by atoms with van der Waals surface area (Å²) in [4.78, 5) is 0. The van der Waals surface area contributed by atoms with Gasteiger partial charge < -0.3 is 10.1 Å². The summed E-state index contributed by atoms with van der Waals surface area (Å²) in [7, 11) is 0. The Labute approximate surface area is 156 Å². The van der Waals surface area contributed by atoms with Gasteiger partial charge in [0.05, 0.1) is 0 Å². The molecule has 3 aromatic rings. The Hall–Kier alpha value is -2.58. The highest BCUT2D eigenvalue weighted by atomic mass is 16.5. The Balaban J connectivity index is 1.55. The normalized spacial score (nSPS) is 12.1. The maximum absolute atomic E-state index is 5.86. The third-order valence-electron chi connectivity index (χ3n) is 4.52. The summed E-state index contributed by atoms with van der Waals surface area (Å²) in [5, 5.41) is 3.69. The van der Waals surface area contributed by atoms with Crippen molar-refractivity contribution < 1.29 is 4.74 Å². The molecule has 3 aromatic carbocycles. The average molecular weight is 345 g/mol. The number of hydrogen-bond donors (Lipinski definition) is 1. The lowest BCUT2D eigenvalue weighted by Gasteiger charge is -2.23. The van der Waals surface area contributed by atoms with Crippen molar-refractivity contribution in [3.63, 3.8) is 0 Å². The number of ether oxygens (including phenoxy) is 1. The van der Waals surface area contributed by atoms with Crippen molar-refractivity contribution in [2.24, 2.45) is 5.92 Å². The first-order chi connectivity index (χ1) is 12.7. The van der Waals surface area contributed by atoms with Crippen LogP contribution >= 0.6 is 0 Å². The zero-order valence-electron chi connectivity index (χ0n) is 15.6. The van der Waals surface area contributed by atoms with Crippen LogP contribution in [0.5, 0.6) is 5.75 Å². The molecule has 3 rings (SSSR count). The van der Waals surface area contributed by atoms with Crippen LogP contribution in [-0.4, -0.2) is 0 Å². The standard InChI is InChI=1S/C24H27NO/c1-19(2)24(22-11-7-4-8-12-22)25-17-20-13-15-23(16-14-20)26-18-21-9-5-3-6-10-21/h3-16,19,24-25H,17-18H2,1-2H3. The molecule has 0 fully saturated rings. The van der Waals surface area contributed by atoms with Crippen molar-refractivity contribution in [1.82, 2.24) is 5.32 Å². The van der Waals surface area contributed by atoms with E-state index in [-0.39, 0.29) is 0 Å². The summed E-state index contributed by atoms with van der Waals surface area (Å²) < 4.78 is 5.86. The van der Waals surface area contributed by atoms with Crippen LogP contribution in [-0.2, 0) is 13.2 Å². The number of nitrogens with one attached hydrogen (secondary N) is 1. The van der Waals surface area contributed by atoms with Gasteiger partial charge in [0.25, 0.3) is 0 Å². The smallest absolute Gasteiger partial charge is 0.119 e. The van der Waals surface area contributed by atoms with E-state index in [1.165, 1.54) is 16.7 Å². The lowest BCUT2D eigenvalue weighted by molar-refractivity contribution is 0.306. The molecule has 1 atom stereocenters. The SMILES string of the molecule is CC(C)C(NCc1ccc(OCc2ccccc2)cc1)c1ccccc1. The first-order valence-electron chi connectivity index (χ1n) is 9.26. The second-order valence-corrected chi connectivity index (χ2v) is 6.93. The third-order valence-corrected chi connectivity index (χ3v) is 4.52.